The molecule has 2 aliphatic rings. The van der Waals surface area contributed by atoms with Crippen molar-refractivity contribution in [1.29, 1.82) is 0 Å². The van der Waals surface area contributed by atoms with Gasteiger partial charge in [-0.2, -0.15) is 0 Å². The zero-order chi connectivity index (χ0) is 11.8. The molecule has 0 saturated carbocycles. The van der Waals surface area contributed by atoms with Gasteiger partial charge in [-0.15, -0.1) is 0 Å². The fourth-order valence-corrected chi connectivity index (χ4v) is 3.69. The summed E-state index contributed by atoms with van der Waals surface area (Å²) < 4.78 is 5.51. The van der Waals surface area contributed by atoms with E-state index in [1.165, 1.54) is 37.8 Å². The van der Waals surface area contributed by atoms with E-state index < -0.39 is 0 Å². The number of nitrogens with zero attached hydrogens (tertiary/aromatic N) is 1. The van der Waals surface area contributed by atoms with E-state index in [4.69, 9.17) is 4.74 Å². The normalized spacial score (nSPS) is 28.4. The first-order chi connectivity index (χ1) is 8.31. The molecule has 1 aromatic rings. The minimum absolute atomic E-state index is 0.729. The van der Waals surface area contributed by atoms with Crippen LogP contribution in [-0.4, -0.2) is 31.6 Å². The molecule has 0 unspecified atom stereocenters. The highest BCUT2D eigenvalue weighted by atomic mass is 16.5. The van der Waals surface area contributed by atoms with Crippen LogP contribution >= 0.6 is 0 Å². The maximum absolute atomic E-state index is 5.51. The first-order valence-corrected chi connectivity index (χ1v) is 6.67. The van der Waals surface area contributed by atoms with Crippen molar-refractivity contribution in [2.24, 2.45) is 0 Å². The molecule has 2 nitrogen and oxygen atoms in total. The molecule has 92 valence electrons. The summed E-state index contributed by atoms with van der Waals surface area (Å²) in [7, 11) is 4.07. The van der Waals surface area contributed by atoms with E-state index in [2.05, 4.69) is 30.1 Å². The number of hydrogen-bond acceptors (Lipinski definition) is 2. The summed E-state index contributed by atoms with van der Waals surface area (Å²) >= 11 is 0. The Hall–Kier alpha value is -1.02. The molecule has 2 atom stereocenters. The topological polar surface area (TPSA) is 12.5 Å². The third-order valence-corrected chi connectivity index (χ3v) is 4.54. The van der Waals surface area contributed by atoms with Crippen molar-refractivity contribution in [1.82, 2.24) is 4.90 Å². The van der Waals surface area contributed by atoms with Gasteiger partial charge in [0, 0.05) is 6.04 Å². The molecule has 0 radical (unpaired) electrons. The molecule has 0 aromatic heterocycles. The molecule has 0 bridgehead atoms. The van der Waals surface area contributed by atoms with Crippen LogP contribution < -0.4 is 4.74 Å². The summed E-state index contributed by atoms with van der Waals surface area (Å²) in [5, 5.41) is 0. The van der Waals surface area contributed by atoms with Crippen molar-refractivity contribution in [3.8, 4) is 5.75 Å². The Balaban J connectivity index is 2.01. The van der Waals surface area contributed by atoms with Crippen molar-refractivity contribution < 1.29 is 4.74 Å². The number of likely N-dealkylation sites (N-methyl/N-ethyl adjacent to an activating group) is 1. The van der Waals surface area contributed by atoms with Crippen LogP contribution in [0.2, 0.25) is 0 Å². The molecule has 17 heavy (non-hydrogen) atoms. The summed E-state index contributed by atoms with van der Waals surface area (Å²) in [4.78, 5) is 2.55. The lowest BCUT2D eigenvalue weighted by molar-refractivity contribution is 0.143. The van der Waals surface area contributed by atoms with Crippen LogP contribution in [0.1, 0.15) is 36.3 Å². The molecule has 1 fully saturated rings. The van der Waals surface area contributed by atoms with Gasteiger partial charge in [-0.25, -0.2) is 0 Å². The van der Waals surface area contributed by atoms with Crippen molar-refractivity contribution in [3.63, 3.8) is 0 Å². The van der Waals surface area contributed by atoms with Crippen LogP contribution in [0.15, 0.2) is 18.2 Å². The molecule has 1 aliphatic carbocycles. The highest BCUT2D eigenvalue weighted by Gasteiger charge is 2.35. The van der Waals surface area contributed by atoms with E-state index in [0.717, 1.165) is 17.7 Å². The van der Waals surface area contributed by atoms with Gasteiger partial charge in [-0.05, 0) is 62.4 Å². The molecule has 0 N–H and O–H groups in total. The second kappa shape index (κ2) is 4.34. The summed E-state index contributed by atoms with van der Waals surface area (Å²) in [5.41, 5.74) is 3.01. The predicted octanol–water partition coefficient (Wildman–Crippen LogP) is 2.82. The van der Waals surface area contributed by atoms with Crippen LogP contribution in [0.4, 0.5) is 0 Å². The molecular formula is C15H21NO. The van der Waals surface area contributed by atoms with Crippen molar-refractivity contribution in [2.45, 2.75) is 37.6 Å². The summed E-state index contributed by atoms with van der Waals surface area (Å²) in [6, 6.07) is 7.32. The van der Waals surface area contributed by atoms with Crippen LogP contribution in [0, 0.1) is 0 Å². The molecule has 0 amide bonds. The van der Waals surface area contributed by atoms with E-state index in [1.807, 2.05) is 0 Å². The third-order valence-electron chi connectivity index (χ3n) is 4.54. The number of piperidine rings is 1. The monoisotopic (exact) mass is 231 g/mol. The number of hydrogen-bond donors (Lipinski definition) is 0. The SMILES string of the molecule is COc1cccc2c1CC[C@H]1[C@H]2CCCN1C. The van der Waals surface area contributed by atoms with Crippen LogP contribution in [0.5, 0.6) is 5.75 Å². The first kappa shape index (κ1) is 11.1. The minimum Gasteiger partial charge on any atom is -0.496 e. The quantitative estimate of drug-likeness (QED) is 0.737. The Kier molecular flexibility index (Phi) is 2.83. The minimum atomic E-state index is 0.729. The highest BCUT2D eigenvalue weighted by Crippen LogP contribution is 2.42. The molecular weight excluding hydrogens is 210 g/mol. The maximum Gasteiger partial charge on any atom is 0.122 e. The van der Waals surface area contributed by atoms with Gasteiger partial charge in [0.2, 0.25) is 0 Å². The zero-order valence-electron chi connectivity index (χ0n) is 10.8. The Bertz CT molecular complexity index is 415. The Morgan fingerprint density at radius 3 is 3.00 bits per heavy atom. The number of likely N-dealkylation sites (tertiary alicyclic amines) is 1. The van der Waals surface area contributed by atoms with Crippen molar-refractivity contribution in [2.75, 3.05) is 20.7 Å². The number of methoxy groups -OCH3 is 1. The van der Waals surface area contributed by atoms with Gasteiger partial charge in [0.15, 0.2) is 0 Å². The lowest BCUT2D eigenvalue weighted by atomic mass is 9.74. The number of fused-ring (bicyclic) bond motifs is 3. The first-order valence-electron chi connectivity index (χ1n) is 6.67. The van der Waals surface area contributed by atoms with E-state index >= 15 is 0 Å². The Morgan fingerprint density at radius 1 is 1.29 bits per heavy atom. The third kappa shape index (κ3) is 1.75. The van der Waals surface area contributed by atoms with Gasteiger partial charge in [0.25, 0.3) is 0 Å². The predicted molar refractivity (Wildman–Crippen MR) is 69.7 cm³/mol. The largest absolute Gasteiger partial charge is 0.496 e. The van der Waals surface area contributed by atoms with E-state index in [1.54, 1.807) is 12.7 Å². The lowest BCUT2D eigenvalue weighted by Gasteiger charge is -2.43. The lowest BCUT2D eigenvalue weighted by Crippen LogP contribution is -2.44. The second-order valence-corrected chi connectivity index (χ2v) is 5.36. The summed E-state index contributed by atoms with van der Waals surface area (Å²) in [6.45, 7) is 1.26. The number of rotatable bonds is 1. The number of benzene rings is 1. The fraction of sp³-hybridized carbons (Fsp3) is 0.600. The maximum atomic E-state index is 5.51. The van der Waals surface area contributed by atoms with Gasteiger partial charge >= 0.3 is 0 Å². The molecule has 1 saturated heterocycles. The fourth-order valence-electron chi connectivity index (χ4n) is 3.69. The summed E-state index contributed by atoms with van der Waals surface area (Å²) in [5.74, 6) is 1.82. The molecule has 3 rings (SSSR count). The van der Waals surface area contributed by atoms with Crippen LogP contribution in [0.3, 0.4) is 0 Å². The van der Waals surface area contributed by atoms with Crippen LogP contribution in [0.25, 0.3) is 0 Å². The molecule has 2 heteroatoms. The van der Waals surface area contributed by atoms with E-state index in [0.29, 0.717) is 0 Å². The average molecular weight is 231 g/mol. The highest BCUT2D eigenvalue weighted by molar-refractivity contribution is 5.44. The number of ether oxygens (including phenoxy) is 1. The molecule has 1 aliphatic heterocycles. The van der Waals surface area contributed by atoms with Gasteiger partial charge in [-0.1, -0.05) is 12.1 Å². The second-order valence-electron chi connectivity index (χ2n) is 5.36. The molecule has 1 aromatic carbocycles. The standard InChI is InChI=1S/C15H21NO/c1-16-10-4-6-12-11-5-3-7-15(17-2)13(11)8-9-14(12)16/h3,5,7,12,14H,4,6,8-10H2,1-2H3/t12-,14-/m0/s1. The Morgan fingerprint density at radius 2 is 2.18 bits per heavy atom. The van der Waals surface area contributed by atoms with E-state index in [-0.39, 0.29) is 0 Å². The van der Waals surface area contributed by atoms with Gasteiger partial charge in [-0.3, -0.25) is 0 Å². The van der Waals surface area contributed by atoms with Crippen molar-refractivity contribution in [3.05, 3.63) is 29.3 Å². The summed E-state index contributed by atoms with van der Waals surface area (Å²) in [6.07, 6.45) is 5.13. The van der Waals surface area contributed by atoms with Crippen LogP contribution in [-0.2, 0) is 6.42 Å². The van der Waals surface area contributed by atoms with Gasteiger partial charge < -0.3 is 9.64 Å². The van der Waals surface area contributed by atoms with E-state index in [9.17, 15) is 0 Å². The van der Waals surface area contributed by atoms with Gasteiger partial charge in [0.1, 0.15) is 5.75 Å². The van der Waals surface area contributed by atoms with Crippen molar-refractivity contribution >= 4 is 0 Å². The smallest absolute Gasteiger partial charge is 0.122 e. The molecule has 1 heterocycles. The van der Waals surface area contributed by atoms with Gasteiger partial charge in [0.05, 0.1) is 7.11 Å². The molecule has 0 spiro atoms. The Labute approximate surface area is 104 Å². The average Bonchev–Trinajstić information content (AvgIpc) is 2.38. The zero-order valence-corrected chi connectivity index (χ0v) is 10.8.